The van der Waals surface area contributed by atoms with E-state index in [4.69, 9.17) is 16.7 Å². The molecule has 2 N–H and O–H groups in total. The number of rotatable bonds is 5. The number of hydrogen-bond acceptors (Lipinski definition) is 5. The fourth-order valence-electron chi connectivity index (χ4n) is 1.37. The van der Waals surface area contributed by atoms with Crippen molar-refractivity contribution in [3.05, 3.63) is 35.7 Å². The molecule has 0 aliphatic rings. The van der Waals surface area contributed by atoms with E-state index in [1.165, 1.54) is 18.3 Å². The van der Waals surface area contributed by atoms with Crippen LogP contribution in [-0.2, 0) is 21.4 Å². The molecular weight excluding hydrogens is 308 g/mol. The van der Waals surface area contributed by atoms with Gasteiger partial charge in [0.05, 0.1) is 6.20 Å². The first-order valence-electron chi connectivity index (χ1n) is 5.25. The van der Waals surface area contributed by atoms with Gasteiger partial charge in [-0.15, -0.1) is 0 Å². The highest BCUT2D eigenvalue weighted by molar-refractivity contribution is 7.92. The molecule has 2 rings (SSSR count). The van der Waals surface area contributed by atoms with Gasteiger partial charge in [-0.2, -0.15) is 5.10 Å². The highest BCUT2D eigenvalue weighted by Crippen LogP contribution is 2.16. The molecule has 106 valence electrons. The third-order valence-electron chi connectivity index (χ3n) is 2.18. The number of carbonyl (C=O) groups is 1. The van der Waals surface area contributed by atoms with Crippen LogP contribution in [-0.4, -0.2) is 34.3 Å². The predicted octanol–water partition coefficient (Wildman–Crippen LogP) is 0.817. The molecule has 2 heterocycles. The number of anilines is 1. The minimum absolute atomic E-state index is 0.0588. The Kier molecular flexibility index (Phi) is 3.91. The van der Waals surface area contributed by atoms with E-state index >= 15 is 0 Å². The molecule has 20 heavy (non-hydrogen) atoms. The van der Waals surface area contributed by atoms with Crippen molar-refractivity contribution in [3.63, 3.8) is 0 Å². The smallest absolute Gasteiger partial charge is 0.325 e. The van der Waals surface area contributed by atoms with E-state index in [0.29, 0.717) is 5.02 Å². The van der Waals surface area contributed by atoms with E-state index in [1.54, 1.807) is 0 Å². The molecule has 0 saturated carbocycles. The molecule has 0 spiro atoms. The summed E-state index contributed by atoms with van der Waals surface area (Å²) in [5.74, 6) is -1.06. The average molecular weight is 317 g/mol. The van der Waals surface area contributed by atoms with Crippen LogP contribution in [0, 0.1) is 0 Å². The third kappa shape index (κ3) is 3.45. The molecule has 0 fully saturated rings. The fourth-order valence-corrected chi connectivity index (χ4v) is 2.48. The van der Waals surface area contributed by atoms with Gasteiger partial charge in [0.2, 0.25) is 0 Å². The maximum absolute atomic E-state index is 12.0. The number of carboxylic acids is 1. The van der Waals surface area contributed by atoms with Crippen LogP contribution in [0.1, 0.15) is 0 Å². The standard InChI is InChI=1S/C10H9ClN4O4S/c11-7-1-2-12-9(3-7)14-20(18,19)8-4-13-15(5-8)6-10(16)17/h1-5H,6H2,(H,12,14)(H,16,17). The molecule has 0 amide bonds. The normalized spacial score (nSPS) is 11.2. The fraction of sp³-hybridized carbons (Fsp3) is 0.100. The molecule has 0 aromatic carbocycles. The third-order valence-corrected chi connectivity index (χ3v) is 3.72. The van der Waals surface area contributed by atoms with Crippen molar-refractivity contribution in [3.8, 4) is 0 Å². The topological polar surface area (TPSA) is 114 Å². The van der Waals surface area contributed by atoms with Crippen LogP contribution in [0.4, 0.5) is 5.82 Å². The number of sulfonamides is 1. The molecule has 10 heteroatoms. The van der Waals surface area contributed by atoms with E-state index in [-0.39, 0.29) is 10.7 Å². The predicted molar refractivity (Wildman–Crippen MR) is 69.9 cm³/mol. The van der Waals surface area contributed by atoms with Gasteiger partial charge in [-0.1, -0.05) is 11.6 Å². The second-order valence-electron chi connectivity index (χ2n) is 3.73. The van der Waals surface area contributed by atoms with Crippen molar-refractivity contribution in [2.45, 2.75) is 11.4 Å². The Morgan fingerprint density at radius 3 is 2.90 bits per heavy atom. The highest BCUT2D eigenvalue weighted by atomic mass is 35.5. The van der Waals surface area contributed by atoms with Gasteiger partial charge in [-0.3, -0.25) is 14.2 Å². The van der Waals surface area contributed by atoms with E-state index in [9.17, 15) is 13.2 Å². The molecule has 0 atom stereocenters. The number of carboxylic acid groups (broad SMARTS) is 1. The summed E-state index contributed by atoms with van der Waals surface area (Å²) in [6, 6.07) is 2.85. The molecule has 2 aromatic rings. The lowest BCUT2D eigenvalue weighted by molar-refractivity contribution is -0.137. The summed E-state index contributed by atoms with van der Waals surface area (Å²) in [5, 5.41) is 12.6. The first kappa shape index (κ1) is 14.3. The number of nitrogens with one attached hydrogen (secondary N) is 1. The van der Waals surface area contributed by atoms with Crippen LogP contribution < -0.4 is 4.72 Å². The number of nitrogens with zero attached hydrogens (tertiary/aromatic N) is 3. The minimum Gasteiger partial charge on any atom is -0.480 e. The van der Waals surface area contributed by atoms with Gasteiger partial charge in [0.25, 0.3) is 10.0 Å². The second-order valence-corrected chi connectivity index (χ2v) is 5.85. The summed E-state index contributed by atoms with van der Waals surface area (Å²) in [4.78, 5) is 14.1. The molecular formula is C10H9ClN4O4S. The summed E-state index contributed by atoms with van der Waals surface area (Å²) in [6.45, 7) is -0.426. The zero-order valence-electron chi connectivity index (χ0n) is 9.89. The van der Waals surface area contributed by atoms with Crippen molar-refractivity contribution in [1.82, 2.24) is 14.8 Å². The summed E-state index contributed by atoms with van der Waals surface area (Å²) >= 11 is 5.72. The van der Waals surface area contributed by atoms with E-state index in [2.05, 4.69) is 14.8 Å². The lowest BCUT2D eigenvalue weighted by Gasteiger charge is -2.04. The Morgan fingerprint density at radius 1 is 1.50 bits per heavy atom. The number of pyridine rings is 1. The Bertz CT molecular complexity index is 743. The quantitative estimate of drug-likeness (QED) is 0.844. The lowest BCUT2D eigenvalue weighted by atomic mass is 10.5. The van der Waals surface area contributed by atoms with E-state index < -0.39 is 22.5 Å². The highest BCUT2D eigenvalue weighted by Gasteiger charge is 2.18. The Balaban J connectivity index is 2.22. The number of hydrogen-bond donors (Lipinski definition) is 2. The number of halogens is 1. The molecule has 0 saturated heterocycles. The molecule has 0 bridgehead atoms. The number of aromatic nitrogens is 3. The van der Waals surface area contributed by atoms with Crippen molar-refractivity contribution in [2.24, 2.45) is 0 Å². The zero-order valence-corrected chi connectivity index (χ0v) is 11.5. The molecule has 0 aliphatic heterocycles. The van der Waals surface area contributed by atoms with Crippen LogP contribution in [0.25, 0.3) is 0 Å². The van der Waals surface area contributed by atoms with Crippen LogP contribution in [0.15, 0.2) is 35.6 Å². The maximum Gasteiger partial charge on any atom is 0.325 e. The monoisotopic (exact) mass is 316 g/mol. The van der Waals surface area contributed by atoms with Gasteiger partial charge in [0.1, 0.15) is 17.3 Å². The Morgan fingerprint density at radius 2 is 2.25 bits per heavy atom. The van der Waals surface area contributed by atoms with Gasteiger partial charge in [0, 0.05) is 23.5 Å². The van der Waals surface area contributed by atoms with Crippen molar-refractivity contribution >= 4 is 33.4 Å². The lowest BCUT2D eigenvalue weighted by Crippen LogP contribution is -2.13. The molecule has 0 aliphatic carbocycles. The molecule has 8 nitrogen and oxygen atoms in total. The Labute approximate surface area is 119 Å². The zero-order chi connectivity index (χ0) is 14.8. The maximum atomic E-state index is 12.0. The first-order valence-corrected chi connectivity index (χ1v) is 7.11. The van der Waals surface area contributed by atoms with Crippen LogP contribution in [0.5, 0.6) is 0 Å². The van der Waals surface area contributed by atoms with E-state index in [1.807, 2.05) is 0 Å². The van der Waals surface area contributed by atoms with Crippen molar-refractivity contribution < 1.29 is 18.3 Å². The molecule has 0 unspecified atom stereocenters. The number of aliphatic carboxylic acids is 1. The van der Waals surface area contributed by atoms with Gasteiger partial charge in [0.15, 0.2) is 0 Å². The summed E-state index contributed by atoms with van der Waals surface area (Å²) in [5.41, 5.74) is 0. The largest absolute Gasteiger partial charge is 0.480 e. The van der Waals surface area contributed by atoms with Gasteiger partial charge in [-0.25, -0.2) is 13.4 Å². The van der Waals surface area contributed by atoms with Crippen LogP contribution >= 0.6 is 11.6 Å². The average Bonchev–Trinajstić information content (AvgIpc) is 2.76. The Hall–Kier alpha value is -2.13. The van der Waals surface area contributed by atoms with Gasteiger partial charge in [-0.05, 0) is 6.07 Å². The molecule has 2 aromatic heterocycles. The molecule has 0 radical (unpaired) electrons. The second kappa shape index (κ2) is 5.47. The minimum atomic E-state index is -3.89. The summed E-state index contributed by atoms with van der Waals surface area (Å²) in [7, 11) is -3.89. The van der Waals surface area contributed by atoms with E-state index in [0.717, 1.165) is 17.1 Å². The van der Waals surface area contributed by atoms with Crippen molar-refractivity contribution in [1.29, 1.82) is 0 Å². The first-order chi connectivity index (χ1) is 9.37. The van der Waals surface area contributed by atoms with Gasteiger partial charge < -0.3 is 5.11 Å². The van der Waals surface area contributed by atoms with Gasteiger partial charge >= 0.3 is 5.97 Å². The van der Waals surface area contributed by atoms with Crippen LogP contribution in [0.2, 0.25) is 5.02 Å². The SMILES string of the molecule is O=C(O)Cn1cc(S(=O)(=O)Nc2cc(Cl)ccn2)cn1. The summed E-state index contributed by atoms with van der Waals surface area (Å²) < 4.78 is 27.3. The summed E-state index contributed by atoms with van der Waals surface area (Å²) in [6.07, 6.45) is 3.52. The van der Waals surface area contributed by atoms with Crippen LogP contribution in [0.3, 0.4) is 0 Å². The van der Waals surface area contributed by atoms with Crippen molar-refractivity contribution in [2.75, 3.05) is 4.72 Å².